The number of amides is 1. The molecular formula is C19H24N2O3. The van der Waals surface area contributed by atoms with E-state index in [1.54, 1.807) is 7.11 Å². The van der Waals surface area contributed by atoms with Gasteiger partial charge in [-0.15, -0.1) is 0 Å². The number of carbonyl (C=O) groups is 1. The Morgan fingerprint density at radius 3 is 2.79 bits per heavy atom. The summed E-state index contributed by atoms with van der Waals surface area (Å²) in [7, 11) is 1.62. The number of fused-ring (bicyclic) bond motifs is 1. The smallest absolute Gasteiger partial charge is 0.251 e. The van der Waals surface area contributed by atoms with E-state index in [4.69, 9.17) is 4.74 Å². The second-order valence-corrected chi connectivity index (χ2v) is 6.45. The molecule has 0 radical (unpaired) electrons. The van der Waals surface area contributed by atoms with Crippen LogP contribution in [0.5, 0.6) is 5.75 Å². The molecule has 0 spiro atoms. The molecule has 2 N–H and O–H groups in total. The molecule has 5 heteroatoms. The van der Waals surface area contributed by atoms with Gasteiger partial charge < -0.3 is 15.0 Å². The number of benzene rings is 1. The SMILES string of the molecule is COc1ccc2[nH]c(=O)c(CCNC(=O)C3CCCCC3)cc2c1. The molecule has 1 aliphatic rings. The average Bonchev–Trinajstić information content (AvgIpc) is 2.62. The maximum Gasteiger partial charge on any atom is 0.251 e. The van der Waals surface area contributed by atoms with Crippen LogP contribution in [-0.2, 0) is 11.2 Å². The van der Waals surface area contributed by atoms with E-state index < -0.39 is 0 Å². The Balaban J connectivity index is 1.65. The Labute approximate surface area is 141 Å². The summed E-state index contributed by atoms with van der Waals surface area (Å²) in [5.41, 5.74) is 1.37. The molecule has 5 nitrogen and oxygen atoms in total. The van der Waals surface area contributed by atoms with Gasteiger partial charge in [0.1, 0.15) is 5.75 Å². The predicted molar refractivity (Wildman–Crippen MR) is 94.4 cm³/mol. The van der Waals surface area contributed by atoms with Crippen molar-refractivity contribution >= 4 is 16.8 Å². The van der Waals surface area contributed by atoms with Gasteiger partial charge in [0.25, 0.3) is 5.56 Å². The van der Waals surface area contributed by atoms with E-state index in [0.717, 1.165) is 42.3 Å². The summed E-state index contributed by atoms with van der Waals surface area (Å²) in [5.74, 6) is 1.04. The number of carbonyl (C=O) groups excluding carboxylic acids is 1. The van der Waals surface area contributed by atoms with Gasteiger partial charge in [0.2, 0.25) is 5.91 Å². The highest BCUT2D eigenvalue weighted by Crippen LogP contribution is 2.23. The number of aromatic amines is 1. The maximum atomic E-state index is 12.2. The Morgan fingerprint density at radius 2 is 2.04 bits per heavy atom. The molecule has 3 rings (SSSR count). The first-order valence-corrected chi connectivity index (χ1v) is 8.65. The molecule has 2 aromatic rings. The van der Waals surface area contributed by atoms with Crippen LogP contribution >= 0.6 is 0 Å². The highest BCUT2D eigenvalue weighted by Gasteiger charge is 2.20. The summed E-state index contributed by atoms with van der Waals surface area (Å²) in [6, 6.07) is 7.44. The van der Waals surface area contributed by atoms with Crippen LogP contribution in [0.3, 0.4) is 0 Å². The Hall–Kier alpha value is -2.30. The Morgan fingerprint density at radius 1 is 1.25 bits per heavy atom. The first-order chi connectivity index (χ1) is 11.7. The monoisotopic (exact) mass is 328 g/mol. The molecule has 1 heterocycles. The van der Waals surface area contributed by atoms with Gasteiger partial charge in [-0.05, 0) is 43.5 Å². The van der Waals surface area contributed by atoms with Gasteiger partial charge in [0, 0.05) is 28.9 Å². The third-order valence-electron chi connectivity index (χ3n) is 4.80. The molecule has 0 aliphatic heterocycles. The summed E-state index contributed by atoms with van der Waals surface area (Å²) in [4.78, 5) is 27.2. The van der Waals surface area contributed by atoms with Crippen LogP contribution in [0.1, 0.15) is 37.7 Å². The minimum absolute atomic E-state index is 0.0976. The Bertz CT molecular complexity index is 776. The molecule has 0 atom stereocenters. The van der Waals surface area contributed by atoms with Gasteiger partial charge >= 0.3 is 0 Å². The zero-order valence-corrected chi connectivity index (χ0v) is 14.1. The van der Waals surface area contributed by atoms with Crippen LogP contribution in [0.15, 0.2) is 29.1 Å². The molecule has 0 bridgehead atoms. The minimum Gasteiger partial charge on any atom is -0.497 e. The normalized spacial score (nSPS) is 15.4. The lowest BCUT2D eigenvalue weighted by Gasteiger charge is -2.20. The first-order valence-electron chi connectivity index (χ1n) is 8.65. The van der Waals surface area contributed by atoms with E-state index in [2.05, 4.69) is 10.3 Å². The van der Waals surface area contributed by atoms with Gasteiger partial charge in [0.15, 0.2) is 0 Å². The van der Waals surface area contributed by atoms with Crippen molar-refractivity contribution < 1.29 is 9.53 Å². The molecule has 1 aromatic carbocycles. The van der Waals surface area contributed by atoms with E-state index in [0.29, 0.717) is 18.5 Å². The van der Waals surface area contributed by atoms with Crippen molar-refractivity contribution in [3.63, 3.8) is 0 Å². The van der Waals surface area contributed by atoms with Gasteiger partial charge in [0.05, 0.1) is 7.11 Å². The lowest BCUT2D eigenvalue weighted by Crippen LogP contribution is -2.33. The summed E-state index contributed by atoms with van der Waals surface area (Å²) in [6.07, 6.45) is 6.03. The van der Waals surface area contributed by atoms with E-state index >= 15 is 0 Å². The third kappa shape index (κ3) is 3.78. The van der Waals surface area contributed by atoms with Crippen molar-refractivity contribution in [2.24, 2.45) is 5.92 Å². The zero-order valence-electron chi connectivity index (χ0n) is 14.1. The fourth-order valence-electron chi connectivity index (χ4n) is 3.37. The molecular weight excluding hydrogens is 304 g/mol. The number of H-pyrrole nitrogens is 1. The largest absolute Gasteiger partial charge is 0.497 e. The first kappa shape index (κ1) is 16.6. The van der Waals surface area contributed by atoms with Crippen molar-refractivity contribution in [1.29, 1.82) is 0 Å². The van der Waals surface area contributed by atoms with Crippen molar-refractivity contribution in [3.05, 3.63) is 40.2 Å². The van der Waals surface area contributed by atoms with E-state index in [1.165, 1.54) is 6.42 Å². The fraction of sp³-hybridized carbons (Fsp3) is 0.474. The topological polar surface area (TPSA) is 71.2 Å². The van der Waals surface area contributed by atoms with Crippen molar-refractivity contribution in [3.8, 4) is 5.75 Å². The van der Waals surface area contributed by atoms with Crippen LogP contribution in [-0.4, -0.2) is 24.5 Å². The van der Waals surface area contributed by atoms with Crippen LogP contribution in [0.2, 0.25) is 0 Å². The van der Waals surface area contributed by atoms with E-state index in [-0.39, 0.29) is 17.4 Å². The number of ether oxygens (including phenoxy) is 1. The number of methoxy groups -OCH3 is 1. The summed E-state index contributed by atoms with van der Waals surface area (Å²) in [6.45, 7) is 0.494. The summed E-state index contributed by atoms with van der Waals surface area (Å²) < 4.78 is 5.22. The molecule has 1 amide bonds. The molecule has 24 heavy (non-hydrogen) atoms. The molecule has 1 aliphatic carbocycles. The standard InChI is InChI=1S/C19H24N2O3/c1-24-16-7-8-17-15(12-16)11-14(19(23)21-17)9-10-20-18(22)13-5-3-2-4-6-13/h7-8,11-13H,2-6,9-10H2,1H3,(H,20,22)(H,21,23). The highest BCUT2D eigenvalue weighted by molar-refractivity contribution is 5.80. The van der Waals surface area contributed by atoms with Gasteiger partial charge in [-0.2, -0.15) is 0 Å². The zero-order chi connectivity index (χ0) is 16.9. The van der Waals surface area contributed by atoms with Gasteiger partial charge in [-0.25, -0.2) is 0 Å². The lowest BCUT2D eigenvalue weighted by molar-refractivity contribution is -0.125. The van der Waals surface area contributed by atoms with E-state index in [1.807, 2.05) is 24.3 Å². The lowest BCUT2D eigenvalue weighted by atomic mass is 9.88. The van der Waals surface area contributed by atoms with Crippen molar-refractivity contribution in [2.75, 3.05) is 13.7 Å². The highest BCUT2D eigenvalue weighted by atomic mass is 16.5. The quantitative estimate of drug-likeness (QED) is 0.886. The number of pyridine rings is 1. The third-order valence-corrected chi connectivity index (χ3v) is 4.80. The second-order valence-electron chi connectivity index (χ2n) is 6.45. The number of hydrogen-bond acceptors (Lipinski definition) is 3. The van der Waals surface area contributed by atoms with Crippen molar-refractivity contribution in [1.82, 2.24) is 10.3 Å². The van der Waals surface area contributed by atoms with Gasteiger partial charge in [-0.1, -0.05) is 19.3 Å². The molecule has 0 saturated heterocycles. The number of nitrogens with one attached hydrogen (secondary N) is 2. The van der Waals surface area contributed by atoms with Crippen LogP contribution < -0.4 is 15.6 Å². The van der Waals surface area contributed by atoms with E-state index in [9.17, 15) is 9.59 Å². The van der Waals surface area contributed by atoms with Crippen LogP contribution in [0.25, 0.3) is 10.9 Å². The average molecular weight is 328 g/mol. The van der Waals surface area contributed by atoms with Gasteiger partial charge in [-0.3, -0.25) is 9.59 Å². The van der Waals surface area contributed by atoms with Crippen LogP contribution in [0.4, 0.5) is 0 Å². The number of aromatic nitrogens is 1. The number of rotatable bonds is 5. The fourth-order valence-corrected chi connectivity index (χ4v) is 3.37. The molecule has 1 fully saturated rings. The maximum absolute atomic E-state index is 12.2. The predicted octanol–water partition coefficient (Wildman–Crippen LogP) is 2.78. The van der Waals surface area contributed by atoms with Crippen LogP contribution in [0, 0.1) is 5.92 Å². The minimum atomic E-state index is -0.0976. The molecule has 128 valence electrons. The molecule has 1 aromatic heterocycles. The Kier molecular flexibility index (Phi) is 5.18. The van der Waals surface area contributed by atoms with Crippen molar-refractivity contribution in [2.45, 2.75) is 38.5 Å². The number of hydrogen-bond donors (Lipinski definition) is 2. The molecule has 0 unspecified atom stereocenters. The molecule has 1 saturated carbocycles. The summed E-state index contributed by atoms with van der Waals surface area (Å²) in [5, 5.41) is 3.92. The summed E-state index contributed by atoms with van der Waals surface area (Å²) >= 11 is 0. The second kappa shape index (κ2) is 7.51.